The largest absolute Gasteiger partial charge is 0.347 e. The third kappa shape index (κ3) is 4.10. The van der Waals surface area contributed by atoms with E-state index in [0.717, 1.165) is 71.7 Å². The maximum atomic E-state index is 13.2. The van der Waals surface area contributed by atoms with E-state index in [0.29, 0.717) is 17.6 Å². The number of carbonyl (C=O) groups excluding carboxylic acids is 2. The Bertz CT molecular complexity index is 1600. The van der Waals surface area contributed by atoms with Crippen LogP contribution >= 0.6 is 0 Å². The van der Waals surface area contributed by atoms with Crippen LogP contribution in [0, 0.1) is 24.7 Å². The second-order valence-electron chi connectivity index (χ2n) is 9.01. The van der Waals surface area contributed by atoms with Crippen LogP contribution in [0.5, 0.6) is 0 Å². The molecular formula is C31H27N3O2. The van der Waals surface area contributed by atoms with Crippen molar-refractivity contribution < 1.29 is 9.59 Å². The van der Waals surface area contributed by atoms with Crippen molar-refractivity contribution in [3.63, 3.8) is 0 Å². The Morgan fingerprint density at radius 2 is 1.14 bits per heavy atom. The van der Waals surface area contributed by atoms with Gasteiger partial charge in [0, 0.05) is 71.3 Å². The Morgan fingerprint density at radius 3 is 1.67 bits per heavy atom. The number of imide groups is 1. The number of nitrogens with one attached hydrogen (secondary N) is 1. The van der Waals surface area contributed by atoms with Gasteiger partial charge in [0.15, 0.2) is 0 Å². The summed E-state index contributed by atoms with van der Waals surface area (Å²) in [6.45, 7) is 1.52. The molecule has 4 aromatic rings. The number of nitrogens with zero attached hydrogens (tertiary/aromatic N) is 2. The van der Waals surface area contributed by atoms with Crippen LogP contribution in [0.25, 0.3) is 33.0 Å². The first-order chi connectivity index (χ1) is 17.6. The van der Waals surface area contributed by atoms with Gasteiger partial charge in [0.1, 0.15) is 0 Å². The van der Waals surface area contributed by atoms with Gasteiger partial charge in [-0.25, -0.2) is 0 Å². The van der Waals surface area contributed by atoms with E-state index in [4.69, 9.17) is 12.8 Å². The summed E-state index contributed by atoms with van der Waals surface area (Å²) in [5.74, 6) is 4.64. The van der Waals surface area contributed by atoms with Crippen LogP contribution in [-0.2, 0) is 22.7 Å². The quantitative estimate of drug-likeness (QED) is 0.202. The summed E-state index contributed by atoms with van der Waals surface area (Å²) in [5.41, 5.74) is 4.41. The van der Waals surface area contributed by atoms with E-state index in [-0.39, 0.29) is 11.8 Å². The second-order valence-corrected chi connectivity index (χ2v) is 9.01. The van der Waals surface area contributed by atoms with Crippen LogP contribution in [0.15, 0.2) is 60.9 Å². The maximum absolute atomic E-state index is 13.2. The average molecular weight is 474 g/mol. The van der Waals surface area contributed by atoms with E-state index in [1.54, 1.807) is 0 Å². The van der Waals surface area contributed by atoms with Crippen molar-refractivity contribution in [2.24, 2.45) is 0 Å². The molecule has 178 valence electrons. The monoisotopic (exact) mass is 473 g/mol. The molecule has 2 aromatic heterocycles. The number of amides is 2. The normalized spacial score (nSPS) is 13.4. The number of aryl methyl sites for hydroxylation is 2. The van der Waals surface area contributed by atoms with Crippen LogP contribution < -0.4 is 5.32 Å². The number of rotatable bonds is 9. The lowest BCUT2D eigenvalue weighted by atomic mass is 9.95. The number of unbranched alkanes of at least 4 members (excludes halogenated alkanes) is 3. The third-order valence-corrected chi connectivity index (χ3v) is 6.74. The molecule has 2 aromatic carbocycles. The molecule has 0 fully saturated rings. The summed E-state index contributed by atoms with van der Waals surface area (Å²) in [7, 11) is 0. The van der Waals surface area contributed by atoms with E-state index in [1.165, 1.54) is 0 Å². The molecule has 3 heterocycles. The Hall–Kier alpha value is -4.48. The zero-order chi connectivity index (χ0) is 25.1. The fourth-order valence-electron chi connectivity index (χ4n) is 5.09. The minimum absolute atomic E-state index is 0.366. The van der Waals surface area contributed by atoms with Gasteiger partial charge in [0.2, 0.25) is 0 Å². The first-order valence-electron chi connectivity index (χ1n) is 12.3. The molecule has 1 aliphatic heterocycles. The molecule has 0 radical (unpaired) electrons. The van der Waals surface area contributed by atoms with E-state index >= 15 is 0 Å². The number of hydrogen-bond donors (Lipinski definition) is 1. The molecule has 0 atom stereocenters. The zero-order valence-electron chi connectivity index (χ0n) is 20.1. The molecule has 5 heteroatoms. The highest BCUT2D eigenvalue weighted by atomic mass is 16.2. The predicted molar refractivity (Wildman–Crippen MR) is 145 cm³/mol. The number of fused-ring (bicyclic) bond motifs is 2. The lowest BCUT2D eigenvalue weighted by Crippen LogP contribution is -2.22. The van der Waals surface area contributed by atoms with Crippen LogP contribution in [0.3, 0.4) is 0 Å². The number of benzene rings is 2. The number of terminal acetylenes is 2. The van der Waals surface area contributed by atoms with Crippen LogP contribution in [0.2, 0.25) is 0 Å². The number of carbonyl (C=O) groups is 2. The van der Waals surface area contributed by atoms with Gasteiger partial charge >= 0.3 is 0 Å². The van der Waals surface area contributed by atoms with Crippen molar-refractivity contribution in [3.8, 4) is 24.7 Å². The fourth-order valence-corrected chi connectivity index (χ4v) is 5.09. The molecule has 1 aliphatic rings. The van der Waals surface area contributed by atoms with Crippen molar-refractivity contribution in [1.29, 1.82) is 0 Å². The topological polar surface area (TPSA) is 56.0 Å². The van der Waals surface area contributed by atoms with E-state index in [2.05, 4.69) is 26.3 Å². The Morgan fingerprint density at radius 1 is 0.667 bits per heavy atom. The van der Waals surface area contributed by atoms with Gasteiger partial charge in [-0.2, -0.15) is 0 Å². The summed E-state index contributed by atoms with van der Waals surface area (Å²) < 4.78 is 4.28. The molecule has 0 unspecified atom stereocenters. The summed E-state index contributed by atoms with van der Waals surface area (Å²) in [6, 6.07) is 16.0. The molecular weight excluding hydrogens is 446 g/mol. The standard InChI is InChI=1S/C31H27N3O2/c1-3-5-7-13-19-34-21-25(23-15-9-11-17-27(23)34)29-28(30(35)32-31(29)36)24-20-33(18-12-6-4-2)26-16-10-8-14-22(24)26/h1-2,8-11,14-17,20-21H,5-7,12-13,18-19H2,(H,32,35,36). The molecule has 0 aliphatic carbocycles. The molecule has 5 nitrogen and oxygen atoms in total. The highest BCUT2D eigenvalue weighted by Gasteiger charge is 2.35. The maximum Gasteiger partial charge on any atom is 0.259 e. The van der Waals surface area contributed by atoms with Crippen LogP contribution in [-0.4, -0.2) is 20.9 Å². The highest BCUT2D eigenvalue weighted by molar-refractivity contribution is 6.50. The first-order valence-corrected chi connectivity index (χ1v) is 12.3. The van der Waals surface area contributed by atoms with Gasteiger partial charge in [-0.15, -0.1) is 24.7 Å². The molecule has 0 saturated carbocycles. The van der Waals surface area contributed by atoms with E-state index in [9.17, 15) is 9.59 Å². The smallest absolute Gasteiger partial charge is 0.259 e. The van der Waals surface area contributed by atoms with Gasteiger partial charge in [-0.3, -0.25) is 14.9 Å². The first kappa shape index (κ1) is 23.3. The number of hydrogen-bond acceptors (Lipinski definition) is 2. The van der Waals surface area contributed by atoms with Crippen molar-refractivity contribution in [2.75, 3.05) is 0 Å². The van der Waals surface area contributed by atoms with Gasteiger partial charge in [0.05, 0.1) is 11.1 Å². The Balaban J connectivity index is 1.67. The summed E-state index contributed by atoms with van der Waals surface area (Å²) in [4.78, 5) is 26.4. The van der Waals surface area contributed by atoms with Crippen LogP contribution in [0.4, 0.5) is 0 Å². The summed E-state index contributed by atoms with van der Waals surface area (Å²) in [5, 5.41) is 4.44. The number of aromatic nitrogens is 2. The Labute approximate surface area is 210 Å². The van der Waals surface area contributed by atoms with Gasteiger partial charge < -0.3 is 9.13 Å². The van der Waals surface area contributed by atoms with Crippen molar-refractivity contribution in [2.45, 2.75) is 45.2 Å². The van der Waals surface area contributed by atoms with E-state index in [1.807, 2.05) is 60.9 Å². The molecule has 36 heavy (non-hydrogen) atoms. The van der Waals surface area contributed by atoms with Crippen molar-refractivity contribution in [3.05, 3.63) is 72.1 Å². The summed E-state index contributed by atoms with van der Waals surface area (Å²) in [6.07, 6.45) is 19.0. The predicted octanol–water partition coefficient (Wildman–Crippen LogP) is 5.38. The van der Waals surface area contributed by atoms with Crippen LogP contribution in [0.1, 0.15) is 43.2 Å². The zero-order valence-corrected chi connectivity index (χ0v) is 20.1. The number of para-hydroxylation sites is 2. The second kappa shape index (κ2) is 10.0. The summed E-state index contributed by atoms with van der Waals surface area (Å²) >= 11 is 0. The third-order valence-electron chi connectivity index (χ3n) is 6.74. The minimum atomic E-state index is -0.368. The van der Waals surface area contributed by atoms with Gasteiger partial charge in [0.25, 0.3) is 11.8 Å². The fraction of sp³-hybridized carbons (Fsp3) is 0.226. The molecule has 2 amide bonds. The SMILES string of the molecule is C#CCCCCn1cc(C2=C(c3cn(CCCC#C)c4ccccc34)C(=O)NC2=O)c2ccccc21. The molecule has 0 saturated heterocycles. The molecule has 0 spiro atoms. The van der Waals surface area contributed by atoms with E-state index < -0.39 is 0 Å². The van der Waals surface area contributed by atoms with Gasteiger partial charge in [-0.05, 0) is 31.4 Å². The average Bonchev–Trinajstić information content (AvgIpc) is 3.53. The molecule has 1 N–H and O–H groups in total. The van der Waals surface area contributed by atoms with Crippen molar-refractivity contribution in [1.82, 2.24) is 14.5 Å². The molecule has 5 rings (SSSR count). The lowest BCUT2D eigenvalue weighted by molar-refractivity contribution is -0.122. The Kier molecular flexibility index (Phi) is 6.48. The molecule has 0 bridgehead atoms. The lowest BCUT2D eigenvalue weighted by Gasteiger charge is -2.04. The highest BCUT2D eigenvalue weighted by Crippen LogP contribution is 2.39. The minimum Gasteiger partial charge on any atom is -0.347 e. The van der Waals surface area contributed by atoms with Crippen molar-refractivity contribution >= 4 is 44.8 Å². The van der Waals surface area contributed by atoms with Gasteiger partial charge in [-0.1, -0.05) is 36.4 Å².